The lowest BCUT2D eigenvalue weighted by Gasteiger charge is -2.33. The third kappa shape index (κ3) is 2.72. The monoisotopic (exact) mass is 333 g/mol. The molecule has 4 heteroatoms. The van der Waals surface area contributed by atoms with Gasteiger partial charge in [-0.2, -0.15) is 0 Å². The number of benzene rings is 2. The van der Waals surface area contributed by atoms with Crippen molar-refractivity contribution in [3.05, 3.63) is 65.4 Å². The summed E-state index contributed by atoms with van der Waals surface area (Å²) in [6, 6.07) is 14.0. The van der Waals surface area contributed by atoms with Crippen LogP contribution in [0, 0.1) is 13.8 Å². The number of pyridine rings is 1. The molecule has 0 spiro atoms. The number of anilines is 1. The van der Waals surface area contributed by atoms with Gasteiger partial charge in [-0.25, -0.2) is 0 Å². The Hall–Kier alpha value is -2.59. The lowest BCUT2D eigenvalue weighted by Crippen LogP contribution is -2.38. The minimum atomic E-state index is -0.176. The van der Waals surface area contributed by atoms with Crippen LogP contribution in [0.2, 0.25) is 0 Å². The van der Waals surface area contributed by atoms with Crippen LogP contribution in [0.1, 0.15) is 23.1 Å². The summed E-state index contributed by atoms with van der Waals surface area (Å²) in [4.78, 5) is 4.39. The smallest absolute Gasteiger partial charge is 0.127 e. The summed E-state index contributed by atoms with van der Waals surface area (Å²) in [5, 5.41) is 18.4. The molecule has 0 bridgehead atoms. The maximum absolute atomic E-state index is 10.4. The molecule has 1 unspecified atom stereocenters. The number of aromatic nitrogens is 1. The molecule has 3 N–H and O–H groups in total. The molecule has 25 heavy (non-hydrogen) atoms. The highest BCUT2D eigenvalue weighted by molar-refractivity contribution is 5.88. The van der Waals surface area contributed by atoms with Crippen molar-refractivity contribution in [2.45, 2.75) is 25.8 Å². The normalized spacial score (nSPS) is 20.1. The predicted octanol–water partition coefficient (Wildman–Crippen LogP) is 3.86. The number of phenols is 1. The van der Waals surface area contributed by atoms with E-state index in [1.165, 1.54) is 16.7 Å². The van der Waals surface area contributed by atoms with E-state index in [1.807, 2.05) is 18.2 Å². The number of nitrogens with zero attached hydrogens (tertiary/aromatic N) is 1. The first-order chi connectivity index (χ1) is 12.1. The first-order valence-corrected chi connectivity index (χ1v) is 8.72. The minimum absolute atomic E-state index is 0.176. The summed E-state index contributed by atoms with van der Waals surface area (Å²) >= 11 is 0. The predicted molar refractivity (Wildman–Crippen MR) is 102 cm³/mol. The van der Waals surface area contributed by atoms with E-state index >= 15 is 0 Å². The summed E-state index contributed by atoms with van der Waals surface area (Å²) < 4.78 is 0. The van der Waals surface area contributed by atoms with Crippen molar-refractivity contribution in [2.24, 2.45) is 0 Å². The van der Waals surface area contributed by atoms with Gasteiger partial charge in [-0.15, -0.1) is 0 Å². The molecule has 1 atom stereocenters. The van der Waals surface area contributed by atoms with Crippen molar-refractivity contribution in [2.75, 3.05) is 18.4 Å². The van der Waals surface area contributed by atoms with E-state index in [0.29, 0.717) is 0 Å². The second kappa shape index (κ2) is 6.05. The molecule has 128 valence electrons. The van der Waals surface area contributed by atoms with Crippen LogP contribution in [-0.4, -0.2) is 23.2 Å². The number of nitrogens with one attached hydrogen (secondary N) is 2. The van der Waals surface area contributed by atoms with Gasteiger partial charge in [0.05, 0.1) is 11.1 Å². The zero-order chi connectivity index (χ0) is 17.4. The Labute approximate surface area is 147 Å². The molecule has 0 saturated carbocycles. The Morgan fingerprint density at radius 2 is 2.04 bits per heavy atom. The summed E-state index contributed by atoms with van der Waals surface area (Å²) in [6.07, 6.45) is 2.75. The SMILES string of the molecule is Cc1cccc(C2(Nc3cc(O)c4cccnc4c3)CCNC2)c1C. The van der Waals surface area contributed by atoms with Gasteiger partial charge in [0.2, 0.25) is 0 Å². The van der Waals surface area contributed by atoms with Crippen molar-refractivity contribution < 1.29 is 5.11 Å². The standard InChI is InChI=1S/C21H23N3O/c1-14-5-3-7-18(15(14)2)21(8-10-22-13-21)24-16-11-19-17(20(25)12-16)6-4-9-23-19/h3-7,9,11-12,22,24-25H,8,10,13H2,1-2H3. The van der Waals surface area contributed by atoms with Gasteiger partial charge in [0.15, 0.2) is 0 Å². The Bertz CT molecular complexity index is 930. The van der Waals surface area contributed by atoms with E-state index in [2.05, 4.69) is 47.7 Å². The molecule has 4 rings (SSSR count). The zero-order valence-electron chi connectivity index (χ0n) is 14.6. The van der Waals surface area contributed by atoms with E-state index in [4.69, 9.17) is 0 Å². The van der Waals surface area contributed by atoms with Crippen LogP contribution in [0.5, 0.6) is 5.75 Å². The fourth-order valence-corrected chi connectivity index (χ4v) is 3.88. The average Bonchev–Trinajstić information content (AvgIpc) is 3.07. The number of fused-ring (bicyclic) bond motifs is 1. The van der Waals surface area contributed by atoms with Gasteiger partial charge in [-0.3, -0.25) is 4.98 Å². The van der Waals surface area contributed by atoms with E-state index in [9.17, 15) is 5.11 Å². The topological polar surface area (TPSA) is 57.2 Å². The summed E-state index contributed by atoms with van der Waals surface area (Å²) in [6.45, 7) is 6.17. The molecule has 0 amide bonds. The molecule has 3 aromatic rings. The van der Waals surface area contributed by atoms with E-state index in [-0.39, 0.29) is 11.3 Å². The van der Waals surface area contributed by atoms with Crippen LogP contribution < -0.4 is 10.6 Å². The lowest BCUT2D eigenvalue weighted by molar-refractivity contribution is 0.481. The zero-order valence-corrected chi connectivity index (χ0v) is 14.6. The fraction of sp³-hybridized carbons (Fsp3) is 0.286. The number of hydrogen-bond donors (Lipinski definition) is 3. The molecule has 1 aliphatic rings. The number of hydrogen-bond acceptors (Lipinski definition) is 4. The van der Waals surface area contributed by atoms with Crippen LogP contribution in [0.25, 0.3) is 10.9 Å². The molecule has 0 radical (unpaired) electrons. The van der Waals surface area contributed by atoms with Gasteiger partial charge in [-0.05, 0) is 61.7 Å². The maximum atomic E-state index is 10.4. The third-order valence-corrected chi connectivity index (χ3v) is 5.36. The fourth-order valence-electron chi connectivity index (χ4n) is 3.88. The highest BCUT2D eigenvalue weighted by atomic mass is 16.3. The van der Waals surface area contributed by atoms with Gasteiger partial charge in [0.1, 0.15) is 5.75 Å². The molecule has 4 nitrogen and oxygen atoms in total. The molecular formula is C21H23N3O. The molecule has 1 aliphatic heterocycles. The van der Waals surface area contributed by atoms with Crippen LogP contribution in [-0.2, 0) is 5.54 Å². The Kier molecular flexibility index (Phi) is 3.85. The first kappa shape index (κ1) is 15.9. The Morgan fingerprint density at radius 1 is 1.16 bits per heavy atom. The molecule has 0 aliphatic carbocycles. The summed E-state index contributed by atoms with van der Waals surface area (Å²) in [5.74, 6) is 0.259. The quantitative estimate of drug-likeness (QED) is 0.681. The van der Waals surface area contributed by atoms with Crippen molar-refractivity contribution in [1.29, 1.82) is 0 Å². The average molecular weight is 333 g/mol. The minimum Gasteiger partial charge on any atom is -0.507 e. The number of aromatic hydroxyl groups is 1. The maximum Gasteiger partial charge on any atom is 0.127 e. The number of aryl methyl sites for hydroxylation is 1. The van der Waals surface area contributed by atoms with E-state index < -0.39 is 0 Å². The van der Waals surface area contributed by atoms with Crippen LogP contribution in [0.15, 0.2) is 48.7 Å². The molecule has 1 aromatic heterocycles. The second-order valence-electron chi connectivity index (χ2n) is 6.95. The van der Waals surface area contributed by atoms with Crippen LogP contribution in [0.4, 0.5) is 5.69 Å². The molecule has 1 fully saturated rings. The Morgan fingerprint density at radius 3 is 2.84 bits per heavy atom. The van der Waals surface area contributed by atoms with E-state index in [1.54, 1.807) is 12.3 Å². The van der Waals surface area contributed by atoms with Gasteiger partial charge in [0, 0.05) is 29.9 Å². The summed E-state index contributed by atoms with van der Waals surface area (Å²) in [7, 11) is 0. The van der Waals surface area contributed by atoms with Crippen LogP contribution >= 0.6 is 0 Å². The van der Waals surface area contributed by atoms with Gasteiger partial charge >= 0.3 is 0 Å². The van der Waals surface area contributed by atoms with Gasteiger partial charge in [0.25, 0.3) is 0 Å². The van der Waals surface area contributed by atoms with Crippen LogP contribution in [0.3, 0.4) is 0 Å². The van der Waals surface area contributed by atoms with Crippen molar-refractivity contribution in [1.82, 2.24) is 10.3 Å². The third-order valence-electron chi connectivity index (χ3n) is 5.36. The second-order valence-corrected chi connectivity index (χ2v) is 6.95. The van der Waals surface area contributed by atoms with Crippen molar-refractivity contribution in [3.63, 3.8) is 0 Å². The first-order valence-electron chi connectivity index (χ1n) is 8.72. The lowest BCUT2D eigenvalue weighted by atomic mass is 9.84. The largest absolute Gasteiger partial charge is 0.507 e. The molecule has 2 heterocycles. The molecule has 1 saturated heterocycles. The molecular weight excluding hydrogens is 310 g/mol. The molecule has 2 aromatic carbocycles. The van der Waals surface area contributed by atoms with Crippen molar-refractivity contribution >= 4 is 16.6 Å². The van der Waals surface area contributed by atoms with E-state index in [0.717, 1.165) is 36.1 Å². The number of phenolic OH excluding ortho intramolecular Hbond substituents is 1. The highest BCUT2D eigenvalue weighted by Gasteiger charge is 2.37. The van der Waals surface area contributed by atoms with Crippen molar-refractivity contribution in [3.8, 4) is 5.75 Å². The van der Waals surface area contributed by atoms with Gasteiger partial charge < -0.3 is 15.7 Å². The summed E-state index contributed by atoms with van der Waals surface area (Å²) in [5.41, 5.74) is 5.46. The Balaban J connectivity index is 1.80. The highest BCUT2D eigenvalue weighted by Crippen LogP contribution is 2.37. The number of rotatable bonds is 3. The van der Waals surface area contributed by atoms with Gasteiger partial charge in [-0.1, -0.05) is 18.2 Å².